The van der Waals surface area contributed by atoms with Gasteiger partial charge in [-0.25, -0.2) is 0 Å². The van der Waals surface area contributed by atoms with Crippen molar-refractivity contribution in [2.24, 2.45) is 5.92 Å². The van der Waals surface area contributed by atoms with Crippen molar-refractivity contribution < 1.29 is 14.3 Å². The van der Waals surface area contributed by atoms with Gasteiger partial charge in [0.15, 0.2) is 0 Å². The zero-order valence-electron chi connectivity index (χ0n) is 11.5. The highest BCUT2D eigenvalue weighted by Gasteiger charge is 2.18. The number of rotatable bonds is 7. The standard InChI is InChI=1S/C14H20BrNO3/c1-10(7-8-15)9-16-14(17)13-11(18-2)5-4-6-12(13)19-3/h4-6,10H,7-9H2,1-3H3,(H,16,17). The fourth-order valence-electron chi connectivity index (χ4n) is 1.72. The molecule has 1 N–H and O–H groups in total. The molecule has 1 amide bonds. The minimum absolute atomic E-state index is 0.171. The molecule has 106 valence electrons. The number of carbonyl (C=O) groups is 1. The molecular weight excluding hydrogens is 310 g/mol. The van der Waals surface area contributed by atoms with Crippen LogP contribution in [0, 0.1) is 5.92 Å². The zero-order valence-corrected chi connectivity index (χ0v) is 13.1. The Morgan fingerprint density at radius 3 is 2.37 bits per heavy atom. The summed E-state index contributed by atoms with van der Waals surface area (Å²) in [6.07, 6.45) is 1.02. The minimum atomic E-state index is -0.171. The number of nitrogens with one attached hydrogen (secondary N) is 1. The van der Waals surface area contributed by atoms with Gasteiger partial charge in [0.1, 0.15) is 17.1 Å². The highest BCUT2D eigenvalue weighted by atomic mass is 79.9. The number of benzene rings is 1. The molecule has 1 unspecified atom stereocenters. The molecule has 0 heterocycles. The van der Waals surface area contributed by atoms with Gasteiger partial charge in [-0.1, -0.05) is 28.9 Å². The van der Waals surface area contributed by atoms with Crippen molar-refractivity contribution in [1.29, 1.82) is 0 Å². The zero-order chi connectivity index (χ0) is 14.3. The van der Waals surface area contributed by atoms with Crippen LogP contribution >= 0.6 is 15.9 Å². The fraction of sp³-hybridized carbons (Fsp3) is 0.500. The Bertz CT molecular complexity index is 401. The number of ether oxygens (including phenoxy) is 2. The van der Waals surface area contributed by atoms with Crippen molar-refractivity contribution in [2.75, 3.05) is 26.1 Å². The monoisotopic (exact) mass is 329 g/mol. The van der Waals surface area contributed by atoms with E-state index < -0.39 is 0 Å². The molecule has 0 radical (unpaired) electrons. The van der Waals surface area contributed by atoms with E-state index >= 15 is 0 Å². The predicted octanol–water partition coefficient (Wildman–Crippen LogP) is 2.85. The van der Waals surface area contributed by atoms with Gasteiger partial charge in [-0.15, -0.1) is 0 Å². The van der Waals surface area contributed by atoms with Gasteiger partial charge in [0, 0.05) is 11.9 Å². The van der Waals surface area contributed by atoms with Crippen LogP contribution in [0.2, 0.25) is 0 Å². The average Bonchev–Trinajstić information content (AvgIpc) is 2.44. The molecule has 0 aliphatic rings. The summed E-state index contributed by atoms with van der Waals surface area (Å²) in [6.45, 7) is 2.73. The van der Waals surface area contributed by atoms with Crippen LogP contribution in [-0.2, 0) is 0 Å². The molecule has 1 rings (SSSR count). The Labute approximate surface area is 122 Å². The van der Waals surface area contributed by atoms with Crippen molar-refractivity contribution in [3.63, 3.8) is 0 Å². The Morgan fingerprint density at radius 1 is 1.32 bits per heavy atom. The van der Waals surface area contributed by atoms with E-state index in [0.29, 0.717) is 29.5 Å². The third kappa shape index (κ3) is 4.42. The second-order valence-corrected chi connectivity index (χ2v) is 5.12. The van der Waals surface area contributed by atoms with E-state index in [-0.39, 0.29) is 5.91 Å². The first kappa shape index (κ1) is 15.8. The molecule has 1 atom stereocenters. The molecule has 0 bridgehead atoms. The third-order valence-electron chi connectivity index (χ3n) is 2.87. The van der Waals surface area contributed by atoms with E-state index in [1.165, 1.54) is 0 Å². The maximum Gasteiger partial charge on any atom is 0.258 e. The summed E-state index contributed by atoms with van der Waals surface area (Å²) in [6, 6.07) is 5.29. The van der Waals surface area contributed by atoms with Crippen molar-refractivity contribution in [3.05, 3.63) is 23.8 Å². The Kier molecular flexibility index (Phi) is 6.70. The van der Waals surface area contributed by atoms with Crippen LogP contribution in [-0.4, -0.2) is 32.0 Å². The largest absolute Gasteiger partial charge is 0.496 e. The highest BCUT2D eigenvalue weighted by molar-refractivity contribution is 9.09. The van der Waals surface area contributed by atoms with Gasteiger partial charge in [0.25, 0.3) is 5.91 Å². The number of carbonyl (C=O) groups excluding carboxylic acids is 1. The lowest BCUT2D eigenvalue weighted by molar-refractivity contribution is 0.0941. The molecule has 1 aromatic carbocycles. The predicted molar refractivity (Wildman–Crippen MR) is 79.5 cm³/mol. The Morgan fingerprint density at radius 2 is 1.89 bits per heavy atom. The van der Waals surface area contributed by atoms with Gasteiger partial charge in [-0.2, -0.15) is 0 Å². The van der Waals surface area contributed by atoms with Gasteiger partial charge < -0.3 is 14.8 Å². The van der Waals surface area contributed by atoms with Crippen molar-refractivity contribution in [2.45, 2.75) is 13.3 Å². The van der Waals surface area contributed by atoms with Crippen LogP contribution in [0.1, 0.15) is 23.7 Å². The summed E-state index contributed by atoms with van der Waals surface area (Å²) in [5.74, 6) is 1.29. The van der Waals surface area contributed by atoms with Crippen LogP contribution in [0.5, 0.6) is 11.5 Å². The van der Waals surface area contributed by atoms with Crippen LogP contribution in [0.25, 0.3) is 0 Å². The number of alkyl halides is 1. The maximum absolute atomic E-state index is 12.2. The second-order valence-electron chi connectivity index (χ2n) is 4.33. The van der Waals surface area contributed by atoms with Crippen LogP contribution in [0.3, 0.4) is 0 Å². The Hall–Kier alpha value is -1.23. The summed E-state index contributed by atoms with van der Waals surface area (Å²) in [7, 11) is 3.08. The highest BCUT2D eigenvalue weighted by Crippen LogP contribution is 2.27. The molecule has 0 fully saturated rings. The van der Waals surface area contributed by atoms with E-state index in [9.17, 15) is 4.79 Å². The smallest absolute Gasteiger partial charge is 0.258 e. The van der Waals surface area contributed by atoms with E-state index in [1.54, 1.807) is 32.4 Å². The van der Waals surface area contributed by atoms with E-state index in [4.69, 9.17) is 9.47 Å². The lowest BCUT2D eigenvalue weighted by Crippen LogP contribution is -2.29. The van der Waals surface area contributed by atoms with Crippen molar-refractivity contribution in [3.8, 4) is 11.5 Å². The molecule has 0 saturated heterocycles. The topological polar surface area (TPSA) is 47.6 Å². The molecule has 0 spiro atoms. The van der Waals surface area contributed by atoms with Gasteiger partial charge in [0.05, 0.1) is 14.2 Å². The van der Waals surface area contributed by atoms with Crippen LogP contribution < -0.4 is 14.8 Å². The quantitative estimate of drug-likeness (QED) is 0.782. The van der Waals surface area contributed by atoms with Gasteiger partial charge >= 0.3 is 0 Å². The summed E-state index contributed by atoms with van der Waals surface area (Å²) >= 11 is 3.39. The normalized spacial score (nSPS) is 11.8. The Balaban J connectivity index is 2.81. The minimum Gasteiger partial charge on any atom is -0.496 e. The van der Waals surface area contributed by atoms with Crippen LogP contribution in [0.15, 0.2) is 18.2 Å². The lowest BCUT2D eigenvalue weighted by Gasteiger charge is -2.15. The van der Waals surface area contributed by atoms with E-state index in [0.717, 1.165) is 11.8 Å². The fourth-order valence-corrected chi connectivity index (χ4v) is 2.50. The van der Waals surface area contributed by atoms with Gasteiger partial charge in [-0.3, -0.25) is 4.79 Å². The summed E-state index contributed by atoms with van der Waals surface area (Å²) in [4.78, 5) is 12.2. The summed E-state index contributed by atoms with van der Waals surface area (Å²) in [5.41, 5.74) is 0.443. The van der Waals surface area contributed by atoms with Gasteiger partial charge in [-0.05, 0) is 24.5 Å². The number of hydrogen-bond donors (Lipinski definition) is 1. The molecule has 19 heavy (non-hydrogen) atoms. The average molecular weight is 330 g/mol. The number of methoxy groups -OCH3 is 2. The summed E-state index contributed by atoms with van der Waals surface area (Å²) < 4.78 is 10.4. The maximum atomic E-state index is 12.2. The molecule has 0 aliphatic heterocycles. The lowest BCUT2D eigenvalue weighted by atomic mass is 10.1. The first-order chi connectivity index (χ1) is 9.13. The van der Waals surface area contributed by atoms with Crippen LogP contribution in [0.4, 0.5) is 0 Å². The molecular formula is C14H20BrNO3. The summed E-state index contributed by atoms with van der Waals surface area (Å²) in [5, 5.41) is 3.85. The number of halogens is 1. The number of hydrogen-bond acceptors (Lipinski definition) is 3. The molecule has 4 nitrogen and oxygen atoms in total. The molecule has 0 saturated carbocycles. The molecule has 5 heteroatoms. The van der Waals surface area contributed by atoms with Gasteiger partial charge in [0.2, 0.25) is 0 Å². The first-order valence-corrected chi connectivity index (χ1v) is 7.31. The molecule has 1 aromatic rings. The SMILES string of the molecule is COc1cccc(OC)c1C(=O)NCC(C)CCBr. The first-order valence-electron chi connectivity index (χ1n) is 6.19. The van der Waals surface area contributed by atoms with Crippen molar-refractivity contribution in [1.82, 2.24) is 5.32 Å². The molecule has 0 aliphatic carbocycles. The van der Waals surface area contributed by atoms with E-state index in [1.807, 2.05) is 0 Å². The molecule has 0 aromatic heterocycles. The van der Waals surface area contributed by atoms with E-state index in [2.05, 4.69) is 28.2 Å². The van der Waals surface area contributed by atoms with Crippen molar-refractivity contribution >= 4 is 21.8 Å². The number of amides is 1. The third-order valence-corrected chi connectivity index (χ3v) is 3.33. The second kappa shape index (κ2) is 8.04.